The largest absolute Gasteiger partial charge is 0.394 e. The van der Waals surface area contributed by atoms with E-state index in [0.29, 0.717) is 26.1 Å². The van der Waals surface area contributed by atoms with E-state index in [-0.39, 0.29) is 36.2 Å². The van der Waals surface area contributed by atoms with Gasteiger partial charge in [0.1, 0.15) is 11.6 Å². The summed E-state index contributed by atoms with van der Waals surface area (Å²) in [6.45, 7) is 18.8. The first-order valence-corrected chi connectivity index (χ1v) is 14.4. The van der Waals surface area contributed by atoms with Crippen LogP contribution in [0, 0.1) is 23.7 Å². The quantitative estimate of drug-likeness (QED) is 0.275. The van der Waals surface area contributed by atoms with Crippen LogP contribution in [0.1, 0.15) is 66.7 Å². The van der Waals surface area contributed by atoms with Crippen LogP contribution < -0.4 is 0 Å². The van der Waals surface area contributed by atoms with Crippen LogP contribution in [0.3, 0.4) is 0 Å². The number of fused-ring (bicyclic) bond motifs is 1. The first kappa shape index (κ1) is 30.4. The van der Waals surface area contributed by atoms with Crippen LogP contribution in [-0.2, 0) is 19.1 Å². The van der Waals surface area contributed by atoms with E-state index >= 15 is 0 Å². The molecule has 0 saturated carbocycles. The lowest BCUT2D eigenvalue weighted by atomic mass is 9.62. The molecule has 0 aromatic rings. The van der Waals surface area contributed by atoms with Crippen LogP contribution in [0.25, 0.3) is 0 Å². The van der Waals surface area contributed by atoms with Crippen molar-refractivity contribution < 1.29 is 24.2 Å². The third-order valence-electron chi connectivity index (χ3n) is 9.57. The molecule has 1 N–H and O–H groups in total. The number of hydrogen-bond acceptors (Lipinski definition) is 5. The SMILES string of the molecule is C=CCN(C)C(=O)[C@H]1[C@H]2C(=O)N([C@@H](CO)[C@@H](C)CC)C(C(=O)N(CC=C)CCCCC)C23CC(C)[C@]1(C)O3. The highest BCUT2D eigenvalue weighted by atomic mass is 16.5. The van der Waals surface area contributed by atoms with Crippen LogP contribution >= 0.6 is 0 Å². The molecule has 214 valence electrons. The molecule has 3 heterocycles. The Morgan fingerprint density at radius 2 is 1.87 bits per heavy atom. The zero-order chi connectivity index (χ0) is 28.4. The molecule has 0 aromatic carbocycles. The summed E-state index contributed by atoms with van der Waals surface area (Å²) >= 11 is 0. The van der Waals surface area contributed by atoms with Crippen molar-refractivity contribution in [3.05, 3.63) is 25.3 Å². The molecule has 3 aliphatic rings. The molecule has 3 fully saturated rings. The normalized spacial score (nSPS) is 33.1. The number of unbranched alkanes of at least 4 members (excludes halogenated alkanes) is 2. The molecule has 1 spiro atoms. The molecule has 3 aliphatic heterocycles. The number of ether oxygens (including phenoxy) is 1. The highest BCUT2D eigenvalue weighted by molar-refractivity contribution is 5.99. The van der Waals surface area contributed by atoms with Gasteiger partial charge in [-0.2, -0.15) is 0 Å². The Bertz CT molecular complexity index is 924. The van der Waals surface area contributed by atoms with Gasteiger partial charge in [0.05, 0.1) is 30.1 Å². The number of aliphatic hydroxyl groups is 1. The molecule has 0 radical (unpaired) electrons. The minimum absolute atomic E-state index is 0.0306. The van der Waals surface area contributed by atoms with Crippen LogP contribution in [0.4, 0.5) is 0 Å². The van der Waals surface area contributed by atoms with E-state index in [4.69, 9.17) is 4.74 Å². The van der Waals surface area contributed by atoms with Gasteiger partial charge >= 0.3 is 0 Å². The number of amides is 3. The van der Waals surface area contributed by atoms with E-state index in [1.54, 1.807) is 33.9 Å². The van der Waals surface area contributed by atoms with Crippen molar-refractivity contribution in [2.75, 3.05) is 33.3 Å². The van der Waals surface area contributed by atoms with E-state index in [2.05, 4.69) is 20.1 Å². The Morgan fingerprint density at radius 1 is 1.21 bits per heavy atom. The maximum absolute atomic E-state index is 14.5. The predicted octanol–water partition coefficient (Wildman–Crippen LogP) is 3.25. The Balaban J connectivity index is 2.17. The Hall–Kier alpha value is -2.19. The van der Waals surface area contributed by atoms with Gasteiger partial charge in [-0.3, -0.25) is 14.4 Å². The summed E-state index contributed by atoms with van der Waals surface area (Å²) in [7, 11) is 1.71. The highest BCUT2D eigenvalue weighted by Crippen LogP contribution is 2.66. The molecular formula is C30H49N3O5. The van der Waals surface area contributed by atoms with Crippen molar-refractivity contribution in [2.45, 2.75) is 90.0 Å². The second-order valence-electron chi connectivity index (χ2n) is 11.9. The van der Waals surface area contributed by atoms with E-state index < -0.39 is 35.1 Å². The van der Waals surface area contributed by atoms with Crippen LogP contribution in [-0.4, -0.2) is 94.1 Å². The van der Waals surface area contributed by atoms with Gasteiger partial charge in [-0.1, -0.05) is 59.1 Å². The van der Waals surface area contributed by atoms with Gasteiger partial charge < -0.3 is 24.5 Å². The van der Waals surface area contributed by atoms with Crippen molar-refractivity contribution in [2.24, 2.45) is 23.7 Å². The topological polar surface area (TPSA) is 90.4 Å². The first-order valence-electron chi connectivity index (χ1n) is 14.4. The van der Waals surface area contributed by atoms with Crippen molar-refractivity contribution in [1.29, 1.82) is 0 Å². The molecule has 8 heteroatoms. The summed E-state index contributed by atoms with van der Waals surface area (Å²) in [4.78, 5) is 47.8. The first-order chi connectivity index (χ1) is 18.0. The van der Waals surface area contributed by atoms with Gasteiger partial charge in [0.15, 0.2) is 0 Å². The van der Waals surface area contributed by atoms with Gasteiger partial charge in [-0.25, -0.2) is 0 Å². The third-order valence-corrected chi connectivity index (χ3v) is 9.57. The van der Waals surface area contributed by atoms with Crippen LogP contribution in [0.5, 0.6) is 0 Å². The lowest BCUT2D eigenvalue weighted by Crippen LogP contribution is -2.60. The zero-order valence-corrected chi connectivity index (χ0v) is 24.3. The molecule has 3 amide bonds. The molecule has 8 nitrogen and oxygen atoms in total. The Kier molecular flexibility index (Phi) is 9.51. The minimum Gasteiger partial charge on any atom is -0.394 e. The van der Waals surface area contributed by atoms with Gasteiger partial charge in [0, 0.05) is 26.7 Å². The number of nitrogens with zero attached hydrogens (tertiary/aromatic N) is 3. The molecule has 38 heavy (non-hydrogen) atoms. The van der Waals surface area contributed by atoms with E-state index in [0.717, 1.165) is 25.7 Å². The molecule has 0 aromatic heterocycles. The fourth-order valence-electron chi connectivity index (χ4n) is 7.20. The fourth-order valence-corrected chi connectivity index (χ4v) is 7.20. The maximum Gasteiger partial charge on any atom is 0.248 e. The van der Waals surface area contributed by atoms with E-state index in [1.165, 1.54) is 0 Å². The second kappa shape index (κ2) is 11.9. The minimum atomic E-state index is -1.12. The lowest BCUT2D eigenvalue weighted by Gasteiger charge is -2.41. The van der Waals surface area contributed by atoms with E-state index in [1.807, 2.05) is 27.7 Å². The molecular weight excluding hydrogens is 482 g/mol. The number of rotatable bonds is 14. The maximum atomic E-state index is 14.5. The standard InChI is InChI=1S/C30H49N3O5/c1-9-13-14-17-32(16-11-3)28(37)25-30-18-21(6)29(7,38-30)23(26(35)31(8)15-10-2)24(30)27(36)33(25)22(19-34)20(5)12-4/h10-11,20-25,34H,2-3,9,12-19H2,1,4-8H3/t20-,21?,22-,23+,24-,25?,29-,30?/m0/s1. The van der Waals surface area contributed by atoms with E-state index in [9.17, 15) is 19.5 Å². The highest BCUT2D eigenvalue weighted by Gasteiger charge is 2.80. The average Bonchev–Trinajstić information content (AvgIpc) is 3.40. The monoisotopic (exact) mass is 531 g/mol. The molecule has 3 unspecified atom stereocenters. The van der Waals surface area contributed by atoms with Crippen molar-refractivity contribution in [3.8, 4) is 0 Å². The van der Waals surface area contributed by atoms with Gasteiger partial charge in [0.2, 0.25) is 17.7 Å². The fraction of sp³-hybridized carbons (Fsp3) is 0.767. The number of likely N-dealkylation sites (tertiary alicyclic amines) is 1. The molecule has 2 bridgehead atoms. The summed E-state index contributed by atoms with van der Waals surface area (Å²) in [5, 5.41) is 10.5. The molecule has 8 atom stereocenters. The molecule has 3 rings (SSSR count). The Morgan fingerprint density at radius 3 is 2.42 bits per heavy atom. The van der Waals surface area contributed by atoms with Gasteiger partial charge in [0.25, 0.3) is 0 Å². The summed E-state index contributed by atoms with van der Waals surface area (Å²) in [6.07, 6.45) is 7.49. The summed E-state index contributed by atoms with van der Waals surface area (Å²) in [5.41, 5.74) is -1.99. The van der Waals surface area contributed by atoms with Crippen LogP contribution in [0.15, 0.2) is 25.3 Å². The van der Waals surface area contributed by atoms with Crippen LogP contribution in [0.2, 0.25) is 0 Å². The molecule has 0 aliphatic carbocycles. The smallest absolute Gasteiger partial charge is 0.248 e. The summed E-state index contributed by atoms with van der Waals surface area (Å²) < 4.78 is 6.85. The number of aliphatic hydroxyl groups excluding tert-OH is 1. The van der Waals surface area contributed by atoms with Gasteiger partial charge in [-0.05, 0) is 31.6 Å². The lowest BCUT2D eigenvalue weighted by molar-refractivity contribution is -0.158. The number of carbonyl (C=O) groups is 3. The number of likely N-dealkylation sites (N-methyl/N-ethyl adjacent to an activating group) is 1. The molecule has 3 saturated heterocycles. The predicted molar refractivity (Wildman–Crippen MR) is 148 cm³/mol. The zero-order valence-electron chi connectivity index (χ0n) is 24.3. The number of carbonyl (C=O) groups excluding carboxylic acids is 3. The Labute approximate surface area is 229 Å². The third kappa shape index (κ3) is 4.72. The van der Waals surface area contributed by atoms with Crippen molar-refractivity contribution >= 4 is 17.7 Å². The average molecular weight is 532 g/mol. The van der Waals surface area contributed by atoms with Gasteiger partial charge in [-0.15, -0.1) is 13.2 Å². The van der Waals surface area contributed by atoms with Crippen molar-refractivity contribution in [3.63, 3.8) is 0 Å². The second-order valence-corrected chi connectivity index (χ2v) is 11.9. The number of hydrogen-bond donors (Lipinski definition) is 1. The summed E-state index contributed by atoms with van der Waals surface area (Å²) in [5.74, 6) is -2.16. The summed E-state index contributed by atoms with van der Waals surface area (Å²) in [6, 6.07) is -1.45. The van der Waals surface area contributed by atoms with Crippen molar-refractivity contribution in [1.82, 2.24) is 14.7 Å².